The van der Waals surface area contributed by atoms with Crippen LogP contribution in [0.2, 0.25) is 0 Å². The fourth-order valence-electron chi connectivity index (χ4n) is 5.26. The van der Waals surface area contributed by atoms with Crippen molar-refractivity contribution in [2.75, 3.05) is 26.4 Å². The molecular weight excluding hydrogens is 617 g/mol. The van der Waals surface area contributed by atoms with Crippen LogP contribution in [0.3, 0.4) is 0 Å². The van der Waals surface area contributed by atoms with E-state index in [2.05, 4.69) is 31.3 Å². The third-order valence-corrected chi connectivity index (χ3v) is 9.18. The van der Waals surface area contributed by atoms with Gasteiger partial charge in [0.2, 0.25) is 5.91 Å². The number of ether oxygens (including phenoxy) is 1. The minimum atomic E-state index is -4.40. The van der Waals surface area contributed by atoms with E-state index in [1.54, 1.807) is 0 Å². The fraction of sp³-hybridized carbons (Fsp3) is 0.892. The van der Waals surface area contributed by atoms with E-state index >= 15 is 0 Å². The Morgan fingerprint density at radius 2 is 1.09 bits per heavy atom. The van der Waals surface area contributed by atoms with E-state index in [1.807, 2.05) is 0 Å². The molecule has 0 spiro atoms. The average Bonchev–Trinajstić information content (AvgIpc) is 3.05. The summed E-state index contributed by atoms with van der Waals surface area (Å²) in [6, 6.07) is 0. The van der Waals surface area contributed by atoms with Gasteiger partial charge in [-0.2, -0.15) is 0 Å². The van der Waals surface area contributed by atoms with Crippen LogP contribution < -0.4 is 5.32 Å². The van der Waals surface area contributed by atoms with Gasteiger partial charge in [-0.15, -0.1) is 0 Å². The molecule has 0 heterocycles. The zero-order valence-electron chi connectivity index (χ0n) is 30.2. The summed E-state index contributed by atoms with van der Waals surface area (Å²) in [5.74, 6) is -0.521. The highest BCUT2D eigenvalue weighted by Crippen LogP contribution is 2.42. The number of hydrogen-bond acceptors (Lipinski definition) is 7. The van der Waals surface area contributed by atoms with Crippen LogP contribution in [-0.2, 0) is 27.9 Å². The van der Waals surface area contributed by atoms with Crippen LogP contribution in [0.5, 0.6) is 0 Å². The molecule has 9 nitrogen and oxygen atoms in total. The molecule has 0 aliphatic rings. The average molecular weight is 690 g/mol. The number of aliphatic hydroxyl groups is 1. The molecule has 0 fully saturated rings. The van der Waals surface area contributed by atoms with Crippen molar-refractivity contribution in [3.63, 3.8) is 0 Å². The normalized spacial score (nSPS) is 13.5. The largest absolute Gasteiger partial charge is 0.472 e. The first-order valence-corrected chi connectivity index (χ1v) is 20.7. The number of phosphoric acid groups is 1. The molecule has 3 N–H and O–H groups in total. The van der Waals surface area contributed by atoms with Gasteiger partial charge >= 0.3 is 13.8 Å². The summed E-state index contributed by atoms with van der Waals surface area (Å²) in [6.45, 7) is 3.49. The Balaban J connectivity index is 3.56. The van der Waals surface area contributed by atoms with Gasteiger partial charge in [-0.1, -0.05) is 142 Å². The van der Waals surface area contributed by atoms with Crippen molar-refractivity contribution < 1.29 is 37.9 Å². The Morgan fingerprint density at radius 1 is 0.638 bits per heavy atom. The first kappa shape index (κ1) is 45.8. The summed E-state index contributed by atoms with van der Waals surface area (Å²) < 4.78 is 26.7. The van der Waals surface area contributed by atoms with E-state index in [9.17, 15) is 24.2 Å². The number of unbranched alkanes of at least 4 members (excludes halogenated alkanes) is 21. The second-order valence-electron chi connectivity index (χ2n) is 12.9. The summed E-state index contributed by atoms with van der Waals surface area (Å²) in [5, 5.41) is 12.6. The van der Waals surface area contributed by atoms with Crippen molar-refractivity contribution >= 4 is 19.7 Å². The predicted octanol–water partition coefficient (Wildman–Crippen LogP) is 9.88. The van der Waals surface area contributed by atoms with Gasteiger partial charge in [0.1, 0.15) is 12.7 Å². The van der Waals surface area contributed by atoms with E-state index in [1.165, 1.54) is 116 Å². The number of allylic oxidation sites excluding steroid dienone is 2. The molecule has 47 heavy (non-hydrogen) atoms. The molecule has 0 bridgehead atoms. The minimum Gasteiger partial charge on any atom is -0.463 e. The first-order valence-electron chi connectivity index (χ1n) is 19.2. The number of carbonyl (C=O) groups excluding carboxylic acids is 2. The highest BCUT2D eigenvalue weighted by molar-refractivity contribution is 7.47. The molecule has 0 aliphatic heterocycles. The lowest BCUT2D eigenvalue weighted by Gasteiger charge is -2.15. The molecule has 1 amide bonds. The van der Waals surface area contributed by atoms with E-state index in [4.69, 9.17) is 13.8 Å². The van der Waals surface area contributed by atoms with Gasteiger partial charge in [-0.25, -0.2) is 4.57 Å². The van der Waals surface area contributed by atoms with Crippen molar-refractivity contribution in [1.82, 2.24) is 5.32 Å². The van der Waals surface area contributed by atoms with Crippen LogP contribution in [0.4, 0.5) is 0 Å². The maximum Gasteiger partial charge on any atom is 0.472 e. The second-order valence-corrected chi connectivity index (χ2v) is 14.4. The van der Waals surface area contributed by atoms with Gasteiger partial charge in [-0.3, -0.25) is 18.6 Å². The monoisotopic (exact) mass is 689 g/mol. The smallest absolute Gasteiger partial charge is 0.463 e. The third-order valence-electron chi connectivity index (χ3n) is 8.20. The molecule has 0 saturated carbocycles. The molecule has 2 atom stereocenters. The van der Waals surface area contributed by atoms with Crippen molar-refractivity contribution in [3.05, 3.63) is 12.2 Å². The maximum absolute atomic E-state index is 12.0. The van der Waals surface area contributed by atoms with Gasteiger partial charge in [0.05, 0.1) is 13.2 Å². The number of esters is 1. The van der Waals surface area contributed by atoms with Crippen molar-refractivity contribution in [2.24, 2.45) is 0 Å². The standard InChI is InChI=1S/C37H72NO8P/c1-3-5-7-9-11-12-13-14-15-16-17-18-19-20-21-22-24-25-27-29-36(40)38-31-32-45-47(42,43)46-34-35(39)33-44-37(41)30-28-26-23-10-8-6-4-2/h14-15,35,39H,3-13,16-34H2,1-2H3,(H,38,40)(H,42,43)/b15-14+. The number of amides is 1. The number of hydrogen-bond donors (Lipinski definition) is 3. The third kappa shape index (κ3) is 35.9. The van der Waals surface area contributed by atoms with Crippen LogP contribution in [0.25, 0.3) is 0 Å². The lowest BCUT2D eigenvalue weighted by molar-refractivity contribution is -0.147. The van der Waals surface area contributed by atoms with E-state index in [0.29, 0.717) is 6.42 Å². The molecule has 278 valence electrons. The topological polar surface area (TPSA) is 131 Å². The Labute approximate surface area is 288 Å². The quantitative estimate of drug-likeness (QED) is 0.0256. The number of carbonyl (C=O) groups is 2. The highest BCUT2D eigenvalue weighted by atomic mass is 31.2. The molecular formula is C37H72NO8P. The zero-order valence-corrected chi connectivity index (χ0v) is 31.1. The molecule has 10 heteroatoms. The summed E-state index contributed by atoms with van der Waals surface area (Å²) in [4.78, 5) is 33.6. The van der Waals surface area contributed by atoms with Crippen LogP contribution in [0.1, 0.15) is 181 Å². The van der Waals surface area contributed by atoms with Crippen LogP contribution >= 0.6 is 7.82 Å². The summed E-state index contributed by atoms with van der Waals surface area (Å²) in [5.41, 5.74) is 0. The summed E-state index contributed by atoms with van der Waals surface area (Å²) in [7, 11) is -4.40. The molecule has 0 aromatic rings. The maximum atomic E-state index is 12.0. The number of nitrogens with one attached hydrogen (secondary N) is 1. The lowest BCUT2D eigenvalue weighted by atomic mass is 10.1. The lowest BCUT2D eigenvalue weighted by Crippen LogP contribution is -2.27. The molecule has 2 unspecified atom stereocenters. The summed E-state index contributed by atoms with van der Waals surface area (Å²) >= 11 is 0. The second kappa shape index (κ2) is 34.6. The van der Waals surface area contributed by atoms with Gasteiger partial charge < -0.3 is 20.1 Å². The van der Waals surface area contributed by atoms with Crippen molar-refractivity contribution in [2.45, 2.75) is 187 Å². The number of phosphoric ester groups is 1. The van der Waals surface area contributed by atoms with Gasteiger partial charge in [0.15, 0.2) is 0 Å². The van der Waals surface area contributed by atoms with Crippen LogP contribution in [0, 0.1) is 0 Å². The number of aliphatic hydroxyl groups excluding tert-OH is 1. The molecule has 0 rings (SSSR count). The summed E-state index contributed by atoms with van der Waals surface area (Å²) in [6.07, 6.45) is 33.1. The number of rotatable bonds is 36. The molecule has 0 aliphatic carbocycles. The minimum absolute atomic E-state index is 0.0838. The SMILES string of the molecule is CCCCCCCC/C=C/CCCCCCCCCCCC(=O)NCCOP(=O)(O)OCC(O)COC(=O)CCCCCCCCC. The van der Waals surface area contributed by atoms with Crippen LogP contribution in [-0.4, -0.2) is 54.3 Å². The van der Waals surface area contributed by atoms with Gasteiger partial charge in [-0.05, 0) is 38.5 Å². The Morgan fingerprint density at radius 3 is 1.60 bits per heavy atom. The molecule has 0 aromatic carbocycles. The Kier molecular flexibility index (Phi) is 33.7. The van der Waals surface area contributed by atoms with Gasteiger partial charge in [0.25, 0.3) is 0 Å². The zero-order chi connectivity index (χ0) is 34.7. The van der Waals surface area contributed by atoms with Crippen molar-refractivity contribution in [3.8, 4) is 0 Å². The molecule has 0 aromatic heterocycles. The Hall–Kier alpha value is -1.25. The molecule has 0 radical (unpaired) electrons. The van der Waals surface area contributed by atoms with E-state index < -0.39 is 26.5 Å². The van der Waals surface area contributed by atoms with Crippen molar-refractivity contribution in [1.29, 1.82) is 0 Å². The van der Waals surface area contributed by atoms with Crippen LogP contribution in [0.15, 0.2) is 12.2 Å². The van der Waals surface area contributed by atoms with Gasteiger partial charge in [0, 0.05) is 19.4 Å². The first-order chi connectivity index (χ1) is 22.8. The van der Waals surface area contributed by atoms with E-state index in [-0.39, 0.29) is 32.1 Å². The predicted molar refractivity (Wildman–Crippen MR) is 192 cm³/mol. The van der Waals surface area contributed by atoms with E-state index in [0.717, 1.165) is 38.5 Å². The fourth-order valence-corrected chi connectivity index (χ4v) is 6.01. The molecule has 0 saturated heterocycles. The highest BCUT2D eigenvalue weighted by Gasteiger charge is 2.23. The Bertz CT molecular complexity index is 794.